The van der Waals surface area contributed by atoms with Gasteiger partial charge in [-0.05, 0) is 12.3 Å². The first kappa shape index (κ1) is 10.7. The summed E-state index contributed by atoms with van der Waals surface area (Å²) >= 11 is 0. The molecule has 0 spiro atoms. The number of rotatable bonds is 6. The third kappa shape index (κ3) is 5.05. The maximum absolute atomic E-state index is 10.7. The summed E-state index contributed by atoms with van der Waals surface area (Å²) in [6.07, 6.45) is 6.40. The smallest absolute Gasteiger partial charge is 0.264 e. The summed E-state index contributed by atoms with van der Waals surface area (Å²) in [4.78, 5) is 0. The zero-order valence-electron chi connectivity index (χ0n) is 7.90. The van der Waals surface area contributed by atoms with Gasteiger partial charge in [0, 0.05) is 5.92 Å². The highest BCUT2D eigenvalue weighted by atomic mass is 32.2. The van der Waals surface area contributed by atoms with Crippen molar-refractivity contribution in [1.82, 2.24) is 0 Å². The fourth-order valence-corrected chi connectivity index (χ4v) is 1.65. The van der Waals surface area contributed by atoms with Gasteiger partial charge in [0.2, 0.25) is 0 Å². The van der Waals surface area contributed by atoms with Crippen LogP contribution in [0.2, 0.25) is 0 Å². The average molecular weight is 204 g/mol. The minimum atomic E-state index is -3.29. The standard InChI is InChI=1S/C9H16O3S/c1-3-8(6-9-4-5-9)7-12-13(2,10)11/h3,8-9H,1,4-7H2,2H3/t8-/m0/s1. The topological polar surface area (TPSA) is 43.4 Å². The molecule has 0 heterocycles. The lowest BCUT2D eigenvalue weighted by atomic mass is 10.0. The summed E-state index contributed by atoms with van der Waals surface area (Å²) in [6, 6.07) is 0. The van der Waals surface area contributed by atoms with Crippen LogP contribution in [0.1, 0.15) is 19.3 Å². The van der Waals surface area contributed by atoms with Gasteiger partial charge in [-0.15, -0.1) is 6.58 Å². The SMILES string of the molecule is C=C[C@H](COS(C)(=O)=O)CC1CC1. The highest BCUT2D eigenvalue weighted by molar-refractivity contribution is 7.85. The predicted molar refractivity (Wildman–Crippen MR) is 51.8 cm³/mol. The Kier molecular flexibility index (Phi) is 3.50. The Morgan fingerprint density at radius 3 is 2.62 bits per heavy atom. The van der Waals surface area contributed by atoms with E-state index in [-0.39, 0.29) is 12.5 Å². The molecule has 0 bridgehead atoms. The minimum absolute atomic E-state index is 0.183. The molecular formula is C9H16O3S. The first-order valence-corrected chi connectivity index (χ1v) is 6.30. The normalized spacial score (nSPS) is 19.8. The molecule has 0 aromatic heterocycles. The zero-order chi connectivity index (χ0) is 9.90. The molecule has 1 aliphatic carbocycles. The second kappa shape index (κ2) is 4.24. The van der Waals surface area contributed by atoms with Crippen molar-refractivity contribution in [3.05, 3.63) is 12.7 Å². The van der Waals surface area contributed by atoms with E-state index in [1.54, 1.807) is 6.08 Å². The van der Waals surface area contributed by atoms with Crippen LogP contribution < -0.4 is 0 Å². The lowest BCUT2D eigenvalue weighted by Crippen LogP contribution is -2.12. The molecule has 1 rings (SSSR count). The highest BCUT2D eigenvalue weighted by Crippen LogP contribution is 2.35. The van der Waals surface area contributed by atoms with Crippen molar-refractivity contribution in [3.63, 3.8) is 0 Å². The third-order valence-electron chi connectivity index (χ3n) is 2.16. The Morgan fingerprint density at radius 1 is 1.62 bits per heavy atom. The molecule has 4 heteroatoms. The predicted octanol–water partition coefficient (Wildman–Crippen LogP) is 1.56. The minimum Gasteiger partial charge on any atom is -0.270 e. The van der Waals surface area contributed by atoms with Crippen LogP contribution in [0, 0.1) is 11.8 Å². The lowest BCUT2D eigenvalue weighted by Gasteiger charge is -2.10. The molecule has 0 unspecified atom stereocenters. The van der Waals surface area contributed by atoms with Gasteiger partial charge in [0.15, 0.2) is 0 Å². The van der Waals surface area contributed by atoms with Crippen molar-refractivity contribution in [3.8, 4) is 0 Å². The molecule has 1 atom stereocenters. The molecule has 0 aromatic carbocycles. The first-order valence-electron chi connectivity index (χ1n) is 4.48. The second-order valence-corrected chi connectivity index (χ2v) is 5.31. The van der Waals surface area contributed by atoms with Crippen molar-refractivity contribution in [2.75, 3.05) is 12.9 Å². The van der Waals surface area contributed by atoms with E-state index in [9.17, 15) is 8.42 Å². The molecule has 0 aliphatic heterocycles. The van der Waals surface area contributed by atoms with Crippen LogP contribution >= 0.6 is 0 Å². The summed E-state index contributed by atoms with van der Waals surface area (Å²) < 4.78 is 26.1. The van der Waals surface area contributed by atoms with Gasteiger partial charge in [0.25, 0.3) is 10.1 Å². The maximum atomic E-state index is 10.7. The van der Waals surface area contributed by atoms with E-state index in [4.69, 9.17) is 4.18 Å². The fraction of sp³-hybridized carbons (Fsp3) is 0.778. The van der Waals surface area contributed by atoms with Gasteiger partial charge in [0.1, 0.15) is 0 Å². The molecule has 0 aromatic rings. The van der Waals surface area contributed by atoms with E-state index in [1.807, 2.05) is 0 Å². The van der Waals surface area contributed by atoms with Crippen molar-refractivity contribution < 1.29 is 12.6 Å². The van der Waals surface area contributed by atoms with E-state index in [0.717, 1.165) is 18.6 Å². The van der Waals surface area contributed by atoms with Crippen LogP contribution in [0.3, 0.4) is 0 Å². The van der Waals surface area contributed by atoms with Crippen LogP contribution in [-0.2, 0) is 14.3 Å². The van der Waals surface area contributed by atoms with Crippen LogP contribution in [0.15, 0.2) is 12.7 Å². The van der Waals surface area contributed by atoms with Crippen LogP contribution in [-0.4, -0.2) is 21.3 Å². The molecule has 13 heavy (non-hydrogen) atoms. The molecule has 1 fully saturated rings. The lowest BCUT2D eigenvalue weighted by molar-refractivity contribution is 0.271. The van der Waals surface area contributed by atoms with Crippen molar-refractivity contribution in [1.29, 1.82) is 0 Å². The van der Waals surface area contributed by atoms with E-state index in [2.05, 4.69) is 6.58 Å². The van der Waals surface area contributed by atoms with Crippen LogP contribution in [0.25, 0.3) is 0 Å². The number of hydrogen-bond donors (Lipinski definition) is 0. The van der Waals surface area contributed by atoms with Gasteiger partial charge >= 0.3 is 0 Å². The Bertz CT molecular complexity index is 265. The van der Waals surface area contributed by atoms with Gasteiger partial charge < -0.3 is 0 Å². The maximum Gasteiger partial charge on any atom is 0.264 e. The fourth-order valence-electron chi connectivity index (χ4n) is 1.23. The van der Waals surface area contributed by atoms with Gasteiger partial charge in [-0.3, -0.25) is 4.18 Å². The Hall–Kier alpha value is -0.350. The van der Waals surface area contributed by atoms with Gasteiger partial charge in [0.05, 0.1) is 12.9 Å². The quantitative estimate of drug-likeness (QED) is 0.487. The van der Waals surface area contributed by atoms with Crippen molar-refractivity contribution in [2.45, 2.75) is 19.3 Å². The average Bonchev–Trinajstić information content (AvgIpc) is 2.79. The summed E-state index contributed by atoms with van der Waals surface area (Å²) in [5.41, 5.74) is 0. The molecule has 1 aliphatic rings. The summed E-state index contributed by atoms with van der Waals surface area (Å²) in [6.45, 7) is 3.92. The monoisotopic (exact) mass is 204 g/mol. The van der Waals surface area contributed by atoms with Gasteiger partial charge in [-0.25, -0.2) is 0 Å². The van der Waals surface area contributed by atoms with E-state index in [1.165, 1.54) is 12.8 Å². The van der Waals surface area contributed by atoms with Gasteiger partial charge in [-0.1, -0.05) is 18.9 Å². The van der Waals surface area contributed by atoms with Crippen LogP contribution in [0.5, 0.6) is 0 Å². The Morgan fingerprint density at radius 2 is 2.23 bits per heavy atom. The van der Waals surface area contributed by atoms with Gasteiger partial charge in [-0.2, -0.15) is 8.42 Å². The summed E-state index contributed by atoms with van der Waals surface area (Å²) in [5, 5.41) is 0. The molecule has 1 saturated carbocycles. The first-order chi connectivity index (χ1) is 6.01. The van der Waals surface area contributed by atoms with Crippen LogP contribution in [0.4, 0.5) is 0 Å². The van der Waals surface area contributed by atoms with Crippen molar-refractivity contribution in [2.24, 2.45) is 11.8 Å². The van der Waals surface area contributed by atoms with E-state index >= 15 is 0 Å². The molecule has 0 radical (unpaired) electrons. The number of hydrogen-bond acceptors (Lipinski definition) is 3. The second-order valence-electron chi connectivity index (χ2n) is 3.66. The molecule has 0 amide bonds. The van der Waals surface area contributed by atoms with E-state index < -0.39 is 10.1 Å². The van der Waals surface area contributed by atoms with Crippen molar-refractivity contribution >= 4 is 10.1 Å². The Labute approximate surface area is 79.9 Å². The summed E-state index contributed by atoms with van der Waals surface area (Å²) in [7, 11) is -3.29. The highest BCUT2D eigenvalue weighted by Gasteiger charge is 2.24. The molecule has 0 N–H and O–H groups in total. The third-order valence-corrected chi connectivity index (χ3v) is 2.73. The summed E-state index contributed by atoms with van der Waals surface area (Å²) in [5.74, 6) is 0.952. The van der Waals surface area contributed by atoms with E-state index in [0.29, 0.717) is 0 Å². The molecule has 3 nitrogen and oxygen atoms in total. The molecule has 76 valence electrons. The Balaban J connectivity index is 2.26. The molecular weight excluding hydrogens is 188 g/mol. The molecule has 0 saturated heterocycles. The zero-order valence-corrected chi connectivity index (χ0v) is 8.72. The largest absolute Gasteiger partial charge is 0.270 e.